The van der Waals surface area contributed by atoms with Gasteiger partial charge in [0.1, 0.15) is 4.90 Å². The molecule has 0 radical (unpaired) electrons. The Labute approximate surface area is 112 Å². The van der Waals surface area contributed by atoms with E-state index in [0.29, 0.717) is 0 Å². The highest BCUT2D eigenvalue weighted by atomic mass is 79.9. The number of halogens is 1. The molecule has 1 atom stereocenters. The SMILES string of the molecule is COc1c(Br)cc(C(O)C(=O)O)cc1S(C)(=O)=O. The molecule has 0 spiro atoms. The molecule has 0 aliphatic rings. The van der Waals surface area contributed by atoms with Crippen LogP contribution in [0.4, 0.5) is 0 Å². The van der Waals surface area contributed by atoms with E-state index in [1.807, 2.05) is 0 Å². The maximum absolute atomic E-state index is 11.6. The third-order valence-electron chi connectivity index (χ3n) is 2.19. The van der Waals surface area contributed by atoms with E-state index < -0.39 is 21.9 Å². The molecule has 18 heavy (non-hydrogen) atoms. The average molecular weight is 339 g/mol. The number of hydrogen-bond donors (Lipinski definition) is 2. The lowest BCUT2D eigenvalue weighted by molar-refractivity contribution is -0.146. The summed E-state index contributed by atoms with van der Waals surface area (Å²) >= 11 is 3.07. The summed E-state index contributed by atoms with van der Waals surface area (Å²) in [5.41, 5.74) is -0.0457. The van der Waals surface area contributed by atoms with Crippen LogP contribution >= 0.6 is 15.9 Å². The lowest BCUT2D eigenvalue weighted by atomic mass is 10.1. The van der Waals surface area contributed by atoms with E-state index in [2.05, 4.69) is 15.9 Å². The first kappa shape index (κ1) is 14.9. The zero-order chi connectivity index (χ0) is 14.1. The maximum atomic E-state index is 11.6. The van der Waals surface area contributed by atoms with Crippen molar-refractivity contribution < 1.29 is 28.2 Å². The topological polar surface area (TPSA) is 101 Å². The van der Waals surface area contributed by atoms with Gasteiger partial charge in [-0.05, 0) is 33.6 Å². The van der Waals surface area contributed by atoms with Crippen molar-refractivity contribution >= 4 is 31.7 Å². The molecule has 1 aromatic carbocycles. The Balaban J connectivity index is 3.55. The number of methoxy groups -OCH3 is 1. The summed E-state index contributed by atoms with van der Waals surface area (Å²) in [6.07, 6.45) is -0.832. The second-order valence-electron chi connectivity index (χ2n) is 3.55. The number of benzene rings is 1. The van der Waals surface area contributed by atoms with Crippen LogP contribution < -0.4 is 4.74 Å². The summed E-state index contributed by atoms with van der Waals surface area (Å²) in [7, 11) is -2.32. The van der Waals surface area contributed by atoms with Crippen LogP contribution in [0.2, 0.25) is 0 Å². The molecule has 0 aliphatic carbocycles. The van der Waals surface area contributed by atoms with E-state index in [0.717, 1.165) is 12.3 Å². The fraction of sp³-hybridized carbons (Fsp3) is 0.300. The Morgan fingerprint density at radius 1 is 1.44 bits per heavy atom. The van der Waals surface area contributed by atoms with Gasteiger partial charge in [-0.25, -0.2) is 13.2 Å². The minimum absolute atomic E-state index is 0.0457. The van der Waals surface area contributed by atoms with Crippen molar-refractivity contribution in [2.75, 3.05) is 13.4 Å². The van der Waals surface area contributed by atoms with Gasteiger partial charge in [-0.3, -0.25) is 0 Å². The molecule has 6 nitrogen and oxygen atoms in total. The molecule has 1 aromatic rings. The molecule has 0 saturated carbocycles. The van der Waals surface area contributed by atoms with Gasteiger partial charge in [0.2, 0.25) is 0 Å². The standard InChI is InChI=1S/C10H11BrO6S/c1-17-9-6(11)3-5(8(12)10(13)14)4-7(9)18(2,15)16/h3-4,8,12H,1-2H3,(H,13,14). The van der Waals surface area contributed by atoms with Crippen molar-refractivity contribution in [2.24, 2.45) is 0 Å². The minimum atomic E-state index is -3.61. The van der Waals surface area contributed by atoms with E-state index in [1.165, 1.54) is 13.2 Å². The highest BCUT2D eigenvalue weighted by Gasteiger charge is 2.23. The summed E-state index contributed by atoms with van der Waals surface area (Å²) in [6.45, 7) is 0. The van der Waals surface area contributed by atoms with Crippen molar-refractivity contribution in [1.82, 2.24) is 0 Å². The molecule has 0 aromatic heterocycles. The predicted octanol–water partition coefficient (Wildman–Crippen LogP) is 0.979. The van der Waals surface area contributed by atoms with Gasteiger partial charge in [-0.1, -0.05) is 0 Å². The zero-order valence-corrected chi connectivity index (χ0v) is 11.9. The minimum Gasteiger partial charge on any atom is -0.494 e. The molecule has 0 bridgehead atoms. The van der Waals surface area contributed by atoms with Gasteiger partial charge in [0.05, 0.1) is 11.6 Å². The van der Waals surface area contributed by atoms with Crippen LogP contribution in [0.25, 0.3) is 0 Å². The molecule has 0 heterocycles. The lowest BCUT2D eigenvalue weighted by Gasteiger charge is -2.13. The van der Waals surface area contributed by atoms with Crippen molar-refractivity contribution in [3.63, 3.8) is 0 Å². The Kier molecular flexibility index (Phi) is 4.36. The van der Waals surface area contributed by atoms with Crippen LogP contribution in [0.3, 0.4) is 0 Å². The molecule has 1 unspecified atom stereocenters. The van der Waals surface area contributed by atoms with E-state index >= 15 is 0 Å². The molecular formula is C10H11BrO6S. The number of aliphatic hydroxyl groups excluding tert-OH is 1. The molecule has 0 aliphatic heterocycles. The number of aliphatic hydroxyl groups is 1. The van der Waals surface area contributed by atoms with E-state index in [4.69, 9.17) is 9.84 Å². The van der Waals surface area contributed by atoms with Crippen molar-refractivity contribution in [2.45, 2.75) is 11.0 Å². The predicted molar refractivity (Wildman–Crippen MR) is 66.4 cm³/mol. The van der Waals surface area contributed by atoms with Crippen LogP contribution in [0, 0.1) is 0 Å². The van der Waals surface area contributed by atoms with Gasteiger partial charge in [-0.2, -0.15) is 0 Å². The van der Waals surface area contributed by atoms with Gasteiger partial charge >= 0.3 is 5.97 Å². The van der Waals surface area contributed by atoms with Crippen LogP contribution in [0.15, 0.2) is 21.5 Å². The monoisotopic (exact) mass is 338 g/mol. The number of ether oxygens (including phenoxy) is 1. The van der Waals surface area contributed by atoms with Crippen LogP contribution in [0.1, 0.15) is 11.7 Å². The average Bonchev–Trinajstić information content (AvgIpc) is 2.25. The Hall–Kier alpha value is -1.12. The van der Waals surface area contributed by atoms with Crippen molar-refractivity contribution in [3.8, 4) is 5.75 Å². The van der Waals surface area contributed by atoms with Gasteiger partial charge in [-0.15, -0.1) is 0 Å². The summed E-state index contributed by atoms with van der Waals surface area (Å²) in [5.74, 6) is -1.40. The molecule has 1 rings (SSSR count). The number of aliphatic carboxylic acids is 1. The largest absolute Gasteiger partial charge is 0.494 e. The summed E-state index contributed by atoms with van der Waals surface area (Å²) in [4.78, 5) is 10.5. The summed E-state index contributed by atoms with van der Waals surface area (Å²) < 4.78 is 28.4. The first-order valence-corrected chi connectivity index (χ1v) is 7.35. The maximum Gasteiger partial charge on any atom is 0.337 e. The summed E-state index contributed by atoms with van der Waals surface area (Å²) in [5, 5.41) is 18.1. The first-order valence-electron chi connectivity index (χ1n) is 4.67. The second kappa shape index (κ2) is 5.25. The van der Waals surface area contributed by atoms with Gasteiger partial charge in [0.15, 0.2) is 21.7 Å². The van der Waals surface area contributed by atoms with Crippen LogP contribution in [-0.4, -0.2) is 38.0 Å². The second-order valence-corrected chi connectivity index (χ2v) is 6.39. The third-order valence-corrected chi connectivity index (χ3v) is 3.88. The number of hydrogen-bond acceptors (Lipinski definition) is 5. The molecular weight excluding hydrogens is 328 g/mol. The molecule has 0 amide bonds. The molecule has 8 heteroatoms. The highest BCUT2D eigenvalue weighted by Crippen LogP contribution is 2.35. The third kappa shape index (κ3) is 3.01. The van der Waals surface area contributed by atoms with E-state index in [1.54, 1.807) is 0 Å². The fourth-order valence-electron chi connectivity index (χ4n) is 1.36. The van der Waals surface area contributed by atoms with Gasteiger partial charge in [0, 0.05) is 6.26 Å². The number of carboxylic acid groups (broad SMARTS) is 1. The van der Waals surface area contributed by atoms with E-state index in [9.17, 15) is 18.3 Å². The number of carboxylic acids is 1. The Bertz CT molecular complexity index is 580. The molecule has 0 fully saturated rings. The summed E-state index contributed by atoms with van der Waals surface area (Å²) in [6, 6.07) is 2.38. The number of sulfone groups is 1. The van der Waals surface area contributed by atoms with Crippen molar-refractivity contribution in [1.29, 1.82) is 0 Å². The van der Waals surface area contributed by atoms with Gasteiger partial charge in [0.25, 0.3) is 0 Å². The molecule has 100 valence electrons. The Morgan fingerprint density at radius 3 is 2.39 bits per heavy atom. The Morgan fingerprint density at radius 2 is 2.00 bits per heavy atom. The van der Waals surface area contributed by atoms with E-state index in [-0.39, 0.29) is 20.7 Å². The smallest absolute Gasteiger partial charge is 0.337 e. The molecule has 0 saturated heterocycles. The quantitative estimate of drug-likeness (QED) is 0.848. The molecule has 2 N–H and O–H groups in total. The number of rotatable bonds is 4. The van der Waals surface area contributed by atoms with Crippen LogP contribution in [-0.2, 0) is 14.6 Å². The number of carbonyl (C=O) groups is 1. The normalized spacial score (nSPS) is 13.1. The first-order chi connectivity index (χ1) is 8.18. The van der Waals surface area contributed by atoms with Crippen LogP contribution in [0.5, 0.6) is 5.75 Å². The fourth-order valence-corrected chi connectivity index (χ4v) is 3.01. The lowest BCUT2D eigenvalue weighted by Crippen LogP contribution is -2.12. The van der Waals surface area contributed by atoms with Crippen molar-refractivity contribution in [3.05, 3.63) is 22.2 Å². The zero-order valence-electron chi connectivity index (χ0n) is 9.55. The highest BCUT2D eigenvalue weighted by molar-refractivity contribution is 9.10. The van der Waals surface area contributed by atoms with Gasteiger partial charge < -0.3 is 14.9 Å².